The molecule has 3 aromatic rings. The van der Waals surface area contributed by atoms with Gasteiger partial charge >= 0.3 is 0 Å². The quantitative estimate of drug-likeness (QED) is 0.775. The highest BCUT2D eigenvalue weighted by Crippen LogP contribution is 2.25. The normalized spacial score (nSPS) is 15.4. The minimum Gasteiger partial charge on any atom is -0.508 e. The first kappa shape index (κ1) is 16.1. The number of hydrogen-bond donors (Lipinski definition) is 1. The fourth-order valence-electron chi connectivity index (χ4n) is 3.15. The zero-order valence-electron chi connectivity index (χ0n) is 14.0. The molecule has 5 heteroatoms. The molecule has 1 aliphatic heterocycles. The van der Waals surface area contributed by atoms with Crippen molar-refractivity contribution in [3.05, 3.63) is 65.7 Å². The molecule has 4 rings (SSSR count). The third-order valence-corrected chi connectivity index (χ3v) is 5.49. The predicted molar refractivity (Wildman–Crippen MR) is 103 cm³/mol. The molecule has 4 nitrogen and oxygen atoms in total. The van der Waals surface area contributed by atoms with E-state index in [0.717, 1.165) is 43.4 Å². The van der Waals surface area contributed by atoms with E-state index in [1.54, 1.807) is 23.5 Å². The number of hydrogen-bond acceptors (Lipinski definition) is 5. The second kappa shape index (κ2) is 7.25. The summed E-state index contributed by atoms with van der Waals surface area (Å²) in [6, 6.07) is 17.8. The molecule has 128 valence electrons. The third kappa shape index (κ3) is 3.83. The standard InChI is InChI=1S/C20H21N3OS/c24-19-8-6-18(7-9-19)23-12-10-22(11-13-23)14-17-15-25-20(21-17)16-4-2-1-3-5-16/h1-9,15,24H,10-14H2. The van der Waals surface area contributed by atoms with Crippen molar-refractivity contribution in [2.24, 2.45) is 0 Å². The summed E-state index contributed by atoms with van der Waals surface area (Å²) in [6.45, 7) is 4.96. The molecule has 0 bridgehead atoms. The van der Waals surface area contributed by atoms with Crippen LogP contribution < -0.4 is 4.90 Å². The largest absolute Gasteiger partial charge is 0.508 e. The van der Waals surface area contributed by atoms with E-state index in [1.807, 2.05) is 18.2 Å². The molecule has 0 atom stereocenters. The molecular weight excluding hydrogens is 330 g/mol. The maximum atomic E-state index is 9.41. The molecule has 0 saturated carbocycles. The van der Waals surface area contributed by atoms with Gasteiger partial charge in [-0.25, -0.2) is 4.98 Å². The minimum atomic E-state index is 0.320. The van der Waals surface area contributed by atoms with Gasteiger partial charge < -0.3 is 10.0 Å². The average Bonchev–Trinajstić information content (AvgIpc) is 3.12. The smallest absolute Gasteiger partial charge is 0.123 e. The molecule has 1 fully saturated rings. The number of anilines is 1. The van der Waals surface area contributed by atoms with Crippen molar-refractivity contribution in [3.63, 3.8) is 0 Å². The van der Waals surface area contributed by atoms with Crippen molar-refractivity contribution in [2.75, 3.05) is 31.1 Å². The van der Waals surface area contributed by atoms with Gasteiger partial charge in [0.1, 0.15) is 10.8 Å². The van der Waals surface area contributed by atoms with E-state index in [2.05, 4.69) is 39.4 Å². The Kier molecular flexibility index (Phi) is 4.68. The van der Waals surface area contributed by atoms with Crippen molar-refractivity contribution in [1.82, 2.24) is 9.88 Å². The molecule has 0 radical (unpaired) electrons. The van der Waals surface area contributed by atoms with Crippen molar-refractivity contribution in [3.8, 4) is 16.3 Å². The first-order chi connectivity index (χ1) is 12.3. The van der Waals surface area contributed by atoms with Gasteiger partial charge in [-0.15, -0.1) is 11.3 Å². The van der Waals surface area contributed by atoms with Crippen molar-refractivity contribution >= 4 is 17.0 Å². The number of thiazole rings is 1. The van der Waals surface area contributed by atoms with Crippen molar-refractivity contribution in [2.45, 2.75) is 6.54 Å². The Morgan fingerprint density at radius 3 is 2.36 bits per heavy atom. The summed E-state index contributed by atoms with van der Waals surface area (Å²) in [5, 5.41) is 12.7. The van der Waals surface area contributed by atoms with Gasteiger partial charge in [-0.1, -0.05) is 30.3 Å². The maximum absolute atomic E-state index is 9.41. The summed E-state index contributed by atoms with van der Waals surface area (Å²) in [6.07, 6.45) is 0. The number of rotatable bonds is 4. The lowest BCUT2D eigenvalue weighted by atomic mass is 10.2. The van der Waals surface area contributed by atoms with Crippen LogP contribution in [0.1, 0.15) is 5.69 Å². The Hall–Kier alpha value is -2.37. The van der Waals surface area contributed by atoms with E-state index in [4.69, 9.17) is 4.98 Å². The van der Waals surface area contributed by atoms with E-state index in [1.165, 1.54) is 11.3 Å². The highest BCUT2D eigenvalue weighted by Gasteiger charge is 2.18. The molecule has 1 aromatic heterocycles. The lowest BCUT2D eigenvalue weighted by Gasteiger charge is -2.35. The van der Waals surface area contributed by atoms with Gasteiger partial charge in [0.15, 0.2) is 0 Å². The Labute approximate surface area is 152 Å². The zero-order valence-corrected chi connectivity index (χ0v) is 14.8. The SMILES string of the molecule is Oc1ccc(N2CCN(Cc3csc(-c4ccccc4)n3)CC2)cc1. The summed E-state index contributed by atoms with van der Waals surface area (Å²) >= 11 is 1.72. The second-order valence-corrected chi connectivity index (χ2v) is 7.15. The summed E-state index contributed by atoms with van der Waals surface area (Å²) in [5.41, 5.74) is 3.52. The maximum Gasteiger partial charge on any atom is 0.123 e. The summed E-state index contributed by atoms with van der Waals surface area (Å²) in [4.78, 5) is 9.62. The van der Waals surface area contributed by atoms with Crippen LogP contribution in [0.5, 0.6) is 5.75 Å². The van der Waals surface area contributed by atoms with E-state index in [-0.39, 0.29) is 0 Å². The monoisotopic (exact) mass is 351 g/mol. The number of aromatic nitrogens is 1. The molecule has 0 aliphatic carbocycles. The molecule has 1 N–H and O–H groups in total. The molecule has 2 aromatic carbocycles. The molecule has 0 unspecified atom stereocenters. The van der Waals surface area contributed by atoms with Crippen LogP contribution >= 0.6 is 11.3 Å². The van der Waals surface area contributed by atoms with Crippen LogP contribution in [0.3, 0.4) is 0 Å². The Balaban J connectivity index is 1.34. The lowest BCUT2D eigenvalue weighted by molar-refractivity contribution is 0.247. The third-order valence-electron chi connectivity index (χ3n) is 4.55. The van der Waals surface area contributed by atoms with Crippen LogP contribution in [-0.4, -0.2) is 41.2 Å². The number of phenols is 1. The van der Waals surface area contributed by atoms with E-state index >= 15 is 0 Å². The first-order valence-electron chi connectivity index (χ1n) is 8.54. The Morgan fingerprint density at radius 1 is 0.920 bits per heavy atom. The van der Waals surface area contributed by atoms with Crippen molar-refractivity contribution in [1.29, 1.82) is 0 Å². The molecule has 1 saturated heterocycles. The van der Waals surface area contributed by atoms with Gasteiger partial charge in [-0.3, -0.25) is 4.90 Å². The molecule has 2 heterocycles. The van der Waals surface area contributed by atoms with E-state index in [0.29, 0.717) is 5.75 Å². The Bertz CT molecular complexity index is 808. The fraction of sp³-hybridized carbons (Fsp3) is 0.250. The second-order valence-electron chi connectivity index (χ2n) is 6.29. The van der Waals surface area contributed by atoms with Crippen LogP contribution in [0, 0.1) is 0 Å². The highest BCUT2D eigenvalue weighted by atomic mass is 32.1. The van der Waals surface area contributed by atoms with E-state index in [9.17, 15) is 5.11 Å². The summed E-state index contributed by atoms with van der Waals surface area (Å²) in [5.74, 6) is 0.320. The summed E-state index contributed by atoms with van der Waals surface area (Å²) < 4.78 is 0. The molecular formula is C20H21N3OS. The predicted octanol–water partition coefficient (Wildman–Crippen LogP) is 3.84. The number of benzene rings is 2. The minimum absolute atomic E-state index is 0.320. The number of piperazine rings is 1. The summed E-state index contributed by atoms with van der Waals surface area (Å²) in [7, 11) is 0. The number of aromatic hydroxyl groups is 1. The first-order valence-corrected chi connectivity index (χ1v) is 9.42. The topological polar surface area (TPSA) is 39.6 Å². The van der Waals surface area contributed by atoms with Gasteiger partial charge in [-0.2, -0.15) is 0 Å². The van der Waals surface area contributed by atoms with Gasteiger partial charge in [0.2, 0.25) is 0 Å². The van der Waals surface area contributed by atoms with Crippen LogP contribution in [0.4, 0.5) is 5.69 Å². The van der Waals surface area contributed by atoms with Crippen LogP contribution in [0.15, 0.2) is 60.0 Å². The number of nitrogens with zero attached hydrogens (tertiary/aromatic N) is 3. The highest BCUT2D eigenvalue weighted by molar-refractivity contribution is 7.13. The zero-order chi connectivity index (χ0) is 17.1. The molecule has 0 spiro atoms. The Morgan fingerprint density at radius 2 is 1.64 bits per heavy atom. The number of phenolic OH excluding ortho intramolecular Hbond substituents is 1. The van der Waals surface area contributed by atoms with Crippen LogP contribution in [0.2, 0.25) is 0 Å². The molecule has 0 amide bonds. The van der Waals surface area contributed by atoms with E-state index < -0.39 is 0 Å². The lowest BCUT2D eigenvalue weighted by Crippen LogP contribution is -2.46. The fourth-order valence-corrected chi connectivity index (χ4v) is 3.97. The van der Waals surface area contributed by atoms with Gasteiger partial charge in [-0.05, 0) is 24.3 Å². The molecule has 25 heavy (non-hydrogen) atoms. The van der Waals surface area contributed by atoms with Crippen molar-refractivity contribution < 1.29 is 5.11 Å². The van der Waals surface area contributed by atoms with Crippen LogP contribution in [-0.2, 0) is 6.54 Å². The van der Waals surface area contributed by atoms with Gasteiger partial charge in [0.25, 0.3) is 0 Å². The van der Waals surface area contributed by atoms with Crippen LogP contribution in [0.25, 0.3) is 10.6 Å². The van der Waals surface area contributed by atoms with Gasteiger partial charge in [0, 0.05) is 49.4 Å². The average molecular weight is 351 g/mol. The van der Waals surface area contributed by atoms with Gasteiger partial charge in [0.05, 0.1) is 5.69 Å². The molecule has 1 aliphatic rings.